The summed E-state index contributed by atoms with van der Waals surface area (Å²) >= 11 is 2.86. The van der Waals surface area contributed by atoms with Crippen LogP contribution in [0.25, 0.3) is 0 Å². The van der Waals surface area contributed by atoms with Crippen molar-refractivity contribution >= 4 is 15.9 Å². The molecule has 0 saturated heterocycles. The van der Waals surface area contributed by atoms with E-state index in [0.29, 0.717) is 0 Å². The predicted octanol–water partition coefficient (Wildman–Crippen LogP) is 0.644. The number of halogens is 4. The van der Waals surface area contributed by atoms with Crippen molar-refractivity contribution in [2.24, 2.45) is 12.9 Å². The number of rotatable bonds is 2. The van der Waals surface area contributed by atoms with Crippen molar-refractivity contribution < 1.29 is 13.2 Å². The smallest absolute Gasteiger partial charge is 0.271 e. The standard InChI is InChI=1S/C5H7BrF3N5/c1-14-2(4(6)12-13-14)3(11-10)5(7,8)9/h3,11H,10H2,1H3. The van der Waals surface area contributed by atoms with E-state index in [1.54, 1.807) is 5.43 Å². The van der Waals surface area contributed by atoms with Crippen LogP contribution in [0.1, 0.15) is 11.7 Å². The molecule has 0 saturated carbocycles. The zero-order valence-electron chi connectivity index (χ0n) is 7.01. The van der Waals surface area contributed by atoms with Crippen molar-refractivity contribution in [2.45, 2.75) is 12.2 Å². The number of aryl methyl sites for hydroxylation is 1. The third kappa shape index (κ3) is 2.04. The Bertz CT molecular complexity index is 302. The molecule has 0 radical (unpaired) electrons. The van der Waals surface area contributed by atoms with Crippen molar-refractivity contribution in [1.29, 1.82) is 0 Å². The molecule has 5 nitrogen and oxygen atoms in total. The fourth-order valence-corrected chi connectivity index (χ4v) is 1.53. The van der Waals surface area contributed by atoms with E-state index in [-0.39, 0.29) is 10.3 Å². The van der Waals surface area contributed by atoms with Gasteiger partial charge in [-0.3, -0.25) is 5.84 Å². The number of nitrogens with one attached hydrogen (secondary N) is 1. The maximum Gasteiger partial charge on any atom is 0.410 e. The monoisotopic (exact) mass is 273 g/mol. The van der Waals surface area contributed by atoms with Gasteiger partial charge >= 0.3 is 6.18 Å². The molecule has 0 aliphatic rings. The first-order valence-corrected chi connectivity index (χ1v) is 4.25. The lowest BCUT2D eigenvalue weighted by Gasteiger charge is -2.18. The van der Waals surface area contributed by atoms with Crippen molar-refractivity contribution in [3.8, 4) is 0 Å². The van der Waals surface area contributed by atoms with Crippen LogP contribution >= 0.6 is 15.9 Å². The van der Waals surface area contributed by atoms with E-state index in [1.807, 2.05) is 0 Å². The van der Waals surface area contributed by atoms with Gasteiger partial charge < -0.3 is 0 Å². The third-order valence-electron chi connectivity index (χ3n) is 1.59. The summed E-state index contributed by atoms with van der Waals surface area (Å²) in [5, 5.41) is 6.86. The van der Waals surface area contributed by atoms with Crippen molar-refractivity contribution in [1.82, 2.24) is 20.4 Å². The van der Waals surface area contributed by atoms with Gasteiger partial charge in [-0.2, -0.15) is 13.2 Å². The topological polar surface area (TPSA) is 68.8 Å². The van der Waals surface area contributed by atoms with Gasteiger partial charge in [-0.15, -0.1) is 5.10 Å². The van der Waals surface area contributed by atoms with Gasteiger partial charge in [0.1, 0.15) is 5.69 Å². The molecule has 3 N–H and O–H groups in total. The maximum atomic E-state index is 12.4. The van der Waals surface area contributed by atoms with E-state index in [2.05, 4.69) is 26.2 Å². The second kappa shape index (κ2) is 3.83. The largest absolute Gasteiger partial charge is 0.410 e. The average molecular weight is 274 g/mol. The summed E-state index contributed by atoms with van der Waals surface area (Å²) in [6.07, 6.45) is -4.49. The summed E-state index contributed by atoms with van der Waals surface area (Å²) in [6, 6.07) is -1.99. The summed E-state index contributed by atoms with van der Waals surface area (Å²) in [7, 11) is 1.35. The highest BCUT2D eigenvalue weighted by Crippen LogP contribution is 2.34. The van der Waals surface area contributed by atoms with E-state index in [4.69, 9.17) is 5.84 Å². The molecule has 1 aromatic heterocycles. The Balaban J connectivity index is 3.13. The Morgan fingerprint density at radius 1 is 1.57 bits per heavy atom. The number of hydrogen-bond acceptors (Lipinski definition) is 4. The summed E-state index contributed by atoms with van der Waals surface area (Å²) in [6.45, 7) is 0. The minimum Gasteiger partial charge on any atom is -0.271 e. The Labute approximate surface area is 85.5 Å². The summed E-state index contributed by atoms with van der Waals surface area (Å²) in [4.78, 5) is 0. The number of aromatic nitrogens is 3. The molecule has 1 atom stereocenters. The second-order valence-corrected chi connectivity index (χ2v) is 3.28. The van der Waals surface area contributed by atoms with Gasteiger partial charge in [-0.25, -0.2) is 10.1 Å². The second-order valence-electron chi connectivity index (χ2n) is 2.53. The number of nitrogens with two attached hydrogens (primary N) is 1. The molecule has 1 heterocycles. The van der Waals surface area contributed by atoms with Gasteiger partial charge in [0.05, 0.1) is 0 Å². The highest BCUT2D eigenvalue weighted by Gasteiger charge is 2.43. The number of hydrogen-bond donors (Lipinski definition) is 2. The molecule has 80 valence electrons. The first kappa shape index (κ1) is 11.4. The van der Waals surface area contributed by atoms with Gasteiger partial charge in [0.15, 0.2) is 10.6 Å². The molecule has 0 bridgehead atoms. The number of nitrogens with zero attached hydrogens (tertiary/aromatic N) is 3. The molecule has 9 heteroatoms. The summed E-state index contributed by atoms with van der Waals surface area (Å²) in [5.74, 6) is 4.83. The maximum absolute atomic E-state index is 12.4. The molecule has 0 aliphatic heterocycles. The van der Waals surface area contributed by atoms with Gasteiger partial charge in [-0.1, -0.05) is 5.21 Å². The molecular formula is C5H7BrF3N5. The SMILES string of the molecule is Cn1nnc(Br)c1C(NN)C(F)(F)F. The van der Waals surface area contributed by atoms with E-state index in [9.17, 15) is 13.2 Å². The fourth-order valence-electron chi connectivity index (χ4n) is 0.974. The molecule has 0 aliphatic carbocycles. The van der Waals surface area contributed by atoms with Gasteiger partial charge in [0.2, 0.25) is 0 Å². The molecule has 0 amide bonds. The lowest BCUT2D eigenvalue weighted by molar-refractivity contribution is -0.159. The van der Waals surface area contributed by atoms with E-state index >= 15 is 0 Å². The van der Waals surface area contributed by atoms with Gasteiger partial charge in [0.25, 0.3) is 0 Å². The van der Waals surface area contributed by atoms with Crippen LogP contribution < -0.4 is 11.3 Å². The fraction of sp³-hybridized carbons (Fsp3) is 0.600. The van der Waals surface area contributed by atoms with Crippen LogP contribution in [-0.2, 0) is 7.05 Å². The molecule has 0 spiro atoms. The quantitative estimate of drug-likeness (QED) is 0.613. The number of alkyl halides is 3. The lowest BCUT2D eigenvalue weighted by atomic mass is 10.2. The van der Waals surface area contributed by atoms with Crippen LogP contribution in [0.4, 0.5) is 13.2 Å². The molecule has 1 aromatic rings. The lowest BCUT2D eigenvalue weighted by Crippen LogP contribution is -2.39. The zero-order valence-corrected chi connectivity index (χ0v) is 8.59. The molecular weight excluding hydrogens is 267 g/mol. The van der Waals surface area contributed by atoms with E-state index in [0.717, 1.165) is 4.68 Å². The Morgan fingerprint density at radius 3 is 2.43 bits per heavy atom. The zero-order chi connectivity index (χ0) is 10.9. The molecule has 1 rings (SSSR count). The minimum atomic E-state index is -4.49. The summed E-state index contributed by atoms with van der Waals surface area (Å²) < 4.78 is 38.3. The summed E-state index contributed by atoms with van der Waals surface area (Å²) in [5.41, 5.74) is 1.50. The first-order valence-electron chi connectivity index (χ1n) is 3.46. The number of hydrazine groups is 1. The minimum absolute atomic E-state index is 0.0141. The van der Waals surface area contributed by atoms with Crippen molar-refractivity contribution in [3.05, 3.63) is 10.3 Å². The third-order valence-corrected chi connectivity index (χ3v) is 2.16. The highest BCUT2D eigenvalue weighted by molar-refractivity contribution is 9.10. The van der Waals surface area contributed by atoms with Crippen molar-refractivity contribution in [3.63, 3.8) is 0 Å². The van der Waals surface area contributed by atoms with Crippen LogP contribution in [0.15, 0.2) is 4.60 Å². The molecule has 0 aromatic carbocycles. The van der Waals surface area contributed by atoms with Crippen LogP contribution in [0.5, 0.6) is 0 Å². The molecule has 14 heavy (non-hydrogen) atoms. The van der Waals surface area contributed by atoms with Gasteiger partial charge in [0, 0.05) is 7.05 Å². The Hall–Kier alpha value is -0.670. The highest BCUT2D eigenvalue weighted by atomic mass is 79.9. The van der Waals surface area contributed by atoms with E-state index in [1.165, 1.54) is 7.05 Å². The van der Waals surface area contributed by atoms with Crippen molar-refractivity contribution in [2.75, 3.05) is 0 Å². The normalized spacial score (nSPS) is 14.4. The first-order chi connectivity index (χ1) is 6.38. The van der Waals surface area contributed by atoms with E-state index < -0.39 is 12.2 Å². The van der Waals surface area contributed by atoms with Crippen LogP contribution in [-0.4, -0.2) is 21.2 Å². The Morgan fingerprint density at radius 2 is 2.14 bits per heavy atom. The van der Waals surface area contributed by atoms with Crippen LogP contribution in [0.3, 0.4) is 0 Å². The van der Waals surface area contributed by atoms with Gasteiger partial charge in [-0.05, 0) is 15.9 Å². The molecule has 1 unspecified atom stereocenters. The Kier molecular flexibility index (Phi) is 3.12. The average Bonchev–Trinajstić information content (AvgIpc) is 2.34. The predicted molar refractivity (Wildman–Crippen MR) is 44.8 cm³/mol. The van der Waals surface area contributed by atoms with Crippen LogP contribution in [0, 0.1) is 0 Å². The van der Waals surface area contributed by atoms with Crippen LogP contribution in [0.2, 0.25) is 0 Å². The molecule has 0 fully saturated rings.